The highest BCUT2D eigenvalue weighted by molar-refractivity contribution is 5.82. The van der Waals surface area contributed by atoms with E-state index in [-0.39, 0.29) is 0 Å². The fourth-order valence-corrected chi connectivity index (χ4v) is 3.96. The van der Waals surface area contributed by atoms with Crippen molar-refractivity contribution in [2.75, 3.05) is 51.5 Å². The van der Waals surface area contributed by atoms with Crippen LogP contribution in [0.2, 0.25) is 0 Å². The number of piperidine rings is 1. The van der Waals surface area contributed by atoms with Crippen LogP contribution < -0.4 is 21.8 Å². The Morgan fingerprint density at radius 2 is 1.89 bits per heavy atom. The summed E-state index contributed by atoms with van der Waals surface area (Å²) in [5.41, 5.74) is 9.38. The number of fused-ring (bicyclic) bond motifs is 1. The van der Waals surface area contributed by atoms with E-state index in [9.17, 15) is 0 Å². The second-order valence-corrected chi connectivity index (χ2v) is 8.80. The number of hydrazine groups is 1. The van der Waals surface area contributed by atoms with Gasteiger partial charge in [-0.3, -0.25) is 0 Å². The molecule has 0 amide bonds. The Labute approximate surface area is 208 Å². The van der Waals surface area contributed by atoms with Gasteiger partial charge in [0.15, 0.2) is 0 Å². The largest absolute Gasteiger partial charge is 0.397 e. The molecule has 1 fully saturated rings. The summed E-state index contributed by atoms with van der Waals surface area (Å²) in [4.78, 5) is 17.7. The van der Waals surface area contributed by atoms with Gasteiger partial charge in [-0.15, -0.1) is 0 Å². The van der Waals surface area contributed by atoms with Crippen molar-refractivity contribution in [1.82, 2.24) is 24.9 Å². The number of rotatable bonds is 6. The fraction of sp³-hybridized carbons (Fsp3) is 0.346. The van der Waals surface area contributed by atoms with Gasteiger partial charge in [0.05, 0.1) is 11.2 Å². The van der Waals surface area contributed by atoms with Gasteiger partial charge in [0.1, 0.15) is 5.82 Å². The highest BCUT2D eigenvalue weighted by Crippen LogP contribution is 2.21. The van der Waals surface area contributed by atoms with Crippen molar-refractivity contribution in [2.45, 2.75) is 18.9 Å². The fourth-order valence-electron chi connectivity index (χ4n) is 3.96. The molecule has 0 unspecified atom stereocenters. The van der Waals surface area contributed by atoms with E-state index in [1.807, 2.05) is 36.5 Å². The van der Waals surface area contributed by atoms with Crippen LogP contribution in [-0.2, 0) is 0 Å². The molecule has 186 valence electrons. The van der Waals surface area contributed by atoms with Gasteiger partial charge in [-0.1, -0.05) is 24.8 Å². The predicted molar refractivity (Wildman–Crippen MR) is 146 cm³/mol. The molecule has 0 bridgehead atoms. The third-order valence-corrected chi connectivity index (χ3v) is 6.01. The molecule has 2 aromatic heterocycles. The molecule has 35 heavy (non-hydrogen) atoms. The maximum atomic E-state index is 5.94. The Morgan fingerprint density at radius 1 is 1.14 bits per heavy atom. The van der Waals surface area contributed by atoms with Crippen LogP contribution in [0.15, 0.2) is 55.5 Å². The molecule has 0 spiro atoms. The number of nitrogens with two attached hydrogens (primary N) is 2. The standard InChI is InChI=1S/C14H21N3.C12H16N6/c1-4-12-5-8-15-14(11-12)17-9-6-13(7-10-17)16(2)3;1-15-12-16-6-9-4-3-8(5-11(9)17-12)10(13)7-18(2)14/h4-5,8,11,13H,1,6-7,9-10H2,2-3H3;3-7H,13-14H2,1-2H3,(H,15,16,17)/b;10-7-. The first-order valence-electron chi connectivity index (χ1n) is 11.7. The van der Waals surface area contributed by atoms with Gasteiger partial charge >= 0.3 is 0 Å². The van der Waals surface area contributed by atoms with Crippen LogP contribution in [0, 0.1) is 0 Å². The Bertz CT molecular complexity index is 1150. The number of pyridine rings is 1. The number of hydrogen-bond donors (Lipinski definition) is 3. The minimum Gasteiger partial charge on any atom is -0.397 e. The lowest BCUT2D eigenvalue weighted by Gasteiger charge is -2.35. The molecule has 0 radical (unpaired) electrons. The number of hydrogen-bond acceptors (Lipinski definition) is 9. The van der Waals surface area contributed by atoms with E-state index >= 15 is 0 Å². The van der Waals surface area contributed by atoms with Gasteiger partial charge in [0.25, 0.3) is 0 Å². The number of benzene rings is 1. The van der Waals surface area contributed by atoms with Crippen LogP contribution in [0.25, 0.3) is 22.7 Å². The lowest BCUT2D eigenvalue weighted by Crippen LogP contribution is -2.42. The van der Waals surface area contributed by atoms with Crippen molar-refractivity contribution in [3.05, 3.63) is 66.6 Å². The molecule has 1 saturated heterocycles. The maximum Gasteiger partial charge on any atom is 0.222 e. The van der Waals surface area contributed by atoms with E-state index in [4.69, 9.17) is 11.6 Å². The molecular weight excluding hydrogens is 438 g/mol. The lowest BCUT2D eigenvalue weighted by atomic mass is 10.0. The smallest absolute Gasteiger partial charge is 0.222 e. The maximum absolute atomic E-state index is 5.94. The topological polar surface area (TPSA) is 112 Å². The molecule has 1 aliphatic heterocycles. The van der Waals surface area contributed by atoms with Crippen molar-refractivity contribution in [3.8, 4) is 0 Å². The van der Waals surface area contributed by atoms with Gasteiger partial charge in [-0.05, 0) is 50.7 Å². The second-order valence-electron chi connectivity index (χ2n) is 8.80. The van der Waals surface area contributed by atoms with Crippen LogP contribution in [0.1, 0.15) is 24.0 Å². The van der Waals surface area contributed by atoms with E-state index in [0.29, 0.717) is 17.7 Å². The molecule has 1 aliphatic rings. The average Bonchev–Trinajstić information content (AvgIpc) is 2.88. The van der Waals surface area contributed by atoms with Crippen LogP contribution in [-0.4, -0.2) is 72.2 Å². The zero-order valence-corrected chi connectivity index (χ0v) is 21.1. The van der Waals surface area contributed by atoms with E-state index in [2.05, 4.69) is 56.8 Å². The molecule has 9 nitrogen and oxygen atoms in total. The van der Waals surface area contributed by atoms with Gasteiger partial charge in [-0.2, -0.15) is 0 Å². The quantitative estimate of drug-likeness (QED) is 0.366. The SMILES string of the molecule is C=Cc1ccnc(N2CCC(N(C)C)CC2)c1.CNc1ncc2ccc(/C(N)=C/N(C)N)cc2n1. The number of nitrogens with one attached hydrogen (secondary N) is 1. The van der Waals surface area contributed by atoms with Crippen LogP contribution >= 0.6 is 0 Å². The molecule has 3 heterocycles. The highest BCUT2D eigenvalue weighted by atomic mass is 15.4. The van der Waals surface area contributed by atoms with E-state index in [1.165, 1.54) is 17.9 Å². The first-order valence-corrected chi connectivity index (χ1v) is 11.7. The Kier molecular flexibility index (Phi) is 8.99. The van der Waals surface area contributed by atoms with E-state index < -0.39 is 0 Å². The average molecular weight is 476 g/mol. The minimum absolute atomic E-state index is 0.582. The molecule has 9 heteroatoms. The molecule has 0 aliphatic carbocycles. The molecule has 5 N–H and O–H groups in total. The molecular formula is C26H37N9. The van der Waals surface area contributed by atoms with Crippen LogP contribution in [0.4, 0.5) is 11.8 Å². The molecule has 0 atom stereocenters. The first kappa shape index (κ1) is 25.9. The van der Waals surface area contributed by atoms with E-state index in [0.717, 1.165) is 40.9 Å². The summed E-state index contributed by atoms with van der Waals surface area (Å²) in [6.07, 6.45) is 9.59. The van der Waals surface area contributed by atoms with E-state index in [1.54, 1.807) is 26.5 Å². The summed E-state index contributed by atoms with van der Waals surface area (Å²) in [6, 6.07) is 10.6. The Morgan fingerprint density at radius 3 is 2.51 bits per heavy atom. The van der Waals surface area contributed by atoms with Crippen molar-refractivity contribution < 1.29 is 0 Å². The van der Waals surface area contributed by atoms with Crippen molar-refractivity contribution in [3.63, 3.8) is 0 Å². The normalized spacial score (nSPS) is 14.5. The summed E-state index contributed by atoms with van der Waals surface area (Å²) >= 11 is 0. The molecule has 3 aromatic rings. The van der Waals surface area contributed by atoms with Gasteiger partial charge < -0.3 is 25.9 Å². The zero-order chi connectivity index (χ0) is 25.4. The third kappa shape index (κ3) is 7.14. The number of anilines is 2. The van der Waals surface area contributed by atoms with Crippen molar-refractivity contribution in [1.29, 1.82) is 0 Å². The van der Waals surface area contributed by atoms with Gasteiger partial charge in [0, 0.05) is 62.8 Å². The van der Waals surface area contributed by atoms with Crippen molar-refractivity contribution in [2.24, 2.45) is 11.6 Å². The predicted octanol–water partition coefficient (Wildman–Crippen LogP) is 2.99. The summed E-state index contributed by atoms with van der Waals surface area (Å²) in [5, 5.41) is 5.28. The molecule has 4 rings (SSSR count). The number of aromatic nitrogens is 3. The summed E-state index contributed by atoms with van der Waals surface area (Å²) < 4.78 is 0. The monoisotopic (exact) mass is 475 g/mol. The van der Waals surface area contributed by atoms with Crippen LogP contribution in [0.5, 0.6) is 0 Å². The number of nitrogens with zero attached hydrogens (tertiary/aromatic N) is 6. The summed E-state index contributed by atoms with van der Waals surface area (Å²) in [7, 11) is 7.83. The second kappa shape index (κ2) is 12.1. The summed E-state index contributed by atoms with van der Waals surface area (Å²) in [6.45, 7) is 5.99. The lowest BCUT2D eigenvalue weighted by molar-refractivity contribution is 0.249. The highest BCUT2D eigenvalue weighted by Gasteiger charge is 2.21. The van der Waals surface area contributed by atoms with Crippen LogP contribution in [0.3, 0.4) is 0 Å². The first-order chi connectivity index (χ1) is 16.8. The van der Waals surface area contributed by atoms with Gasteiger partial charge in [0.2, 0.25) is 5.95 Å². The zero-order valence-electron chi connectivity index (χ0n) is 21.1. The Balaban J connectivity index is 0.000000196. The van der Waals surface area contributed by atoms with Crippen molar-refractivity contribution >= 4 is 34.4 Å². The Hall–Kier alpha value is -3.69. The molecule has 0 saturated carbocycles. The van der Waals surface area contributed by atoms with Gasteiger partial charge in [-0.25, -0.2) is 20.8 Å². The molecule has 1 aromatic carbocycles. The minimum atomic E-state index is 0.582. The summed E-state index contributed by atoms with van der Waals surface area (Å²) in [5.74, 6) is 7.19. The third-order valence-electron chi connectivity index (χ3n) is 6.01.